The maximum absolute atomic E-state index is 12.4. The van der Waals surface area contributed by atoms with Gasteiger partial charge in [-0.3, -0.25) is 4.79 Å². The highest BCUT2D eigenvalue weighted by Crippen LogP contribution is 2.29. The van der Waals surface area contributed by atoms with Crippen LogP contribution in [-0.4, -0.2) is 48.0 Å². The molecule has 2 aliphatic rings. The fourth-order valence-corrected chi connectivity index (χ4v) is 4.04. The molecular formula is C13H24N2OS. The van der Waals surface area contributed by atoms with Crippen LogP contribution < -0.4 is 5.32 Å². The van der Waals surface area contributed by atoms with Gasteiger partial charge in [0.1, 0.15) is 0 Å². The van der Waals surface area contributed by atoms with Crippen molar-refractivity contribution in [2.45, 2.75) is 44.7 Å². The molecule has 2 fully saturated rings. The van der Waals surface area contributed by atoms with Crippen molar-refractivity contribution in [2.24, 2.45) is 5.92 Å². The zero-order valence-electron chi connectivity index (χ0n) is 10.9. The van der Waals surface area contributed by atoms with Gasteiger partial charge in [0.25, 0.3) is 0 Å². The Bertz CT molecular complexity index is 272. The van der Waals surface area contributed by atoms with Crippen molar-refractivity contribution in [3.63, 3.8) is 0 Å². The Kier molecular flexibility index (Phi) is 4.74. The van der Waals surface area contributed by atoms with Crippen LogP contribution in [-0.2, 0) is 4.79 Å². The zero-order chi connectivity index (χ0) is 12.3. The molecule has 4 heteroatoms. The highest BCUT2D eigenvalue weighted by molar-refractivity contribution is 7.99. The van der Waals surface area contributed by atoms with E-state index in [0.717, 1.165) is 24.0 Å². The lowest BCUT2D eigenvalue weighted by molar-refractivity contribution is -0.135. The minimum atomic E-state index is 0.0275. The SMILES string of the molecule is CNC1CSCCN(C2CCCC(C)C2)C1=O. The smallest absolute Gasteiger partial charge is 0.240 e. The summed E-state index contributed by atoms with van der Waals surface area (Å²) in [7, 11) is 1.90. The Morgan fingerprint density at radius 1 is 1.41 bits per heavy atom. The second-order valence-electron chi connectivity index (χ2n) is 5.37. The molecule has 1 heterocycles. The van der Waals surface area contributed by atoms with Crippen molar-refractivity contribution >= 4 is 17.7 Å². The molecule has 98 valence electrons. The fourth-order valence-electron chi connectivity index (χ4n) is 3.00. The lowest BCUT2D eigenvalue weighted by atomic mass is 9.86. The van der Waals surface area contributed by atoms with Crippen molar-refractivity contribution in [1.29, 1.82) is 0 Å². The third kappa shape index (κ3) is 3.16. The molecular weight excluding hydrogens is 232 g/mol. The van der Waals surface area contributed by atoms with Gasteiger partial charge in [0, 0.05) is 24.1 Å². The first kappa shape index (κ1) is 13.2. The summed E-state index contributed by atoms with van der Waals surface area (Å²) < 4.78 is 0. The first-order valence-electron chi connectivity index (χ1n) is 6.78. The molecule has 0 bridgehead atoms. The molecule has 1 saturated carbocycles. The van der Waals surface area contributed by atoms with Crippen LogP contribution in [0.15, 0.2) is 0 Å². The summed E-state index contributed by atoms with van der Waals surface area (Å²) in [5.41, 5.74) is 0. The molecule has 1 N–H and O–H groups in total. The minimum Gasteiger partial charge on any atom is -0.337 e. The minimum absolute atomic E-state index is 0.0275. The third-order valence-corrected chi connectivity index (χ3v) is 5.08. The van der Waals surface area contributed by atoms with Crippen molar-refractivity contribution in [1.82, 2.24) is 10.2 Å². The number of nitrogens with one attached hydrogen (secondary N) is 1. The van der Waals surface area contributed by atoms with Gasteiger partial charge in [0.2, 0.25) is 5.91 Å². The van der Waals surface area contributed by atoms with Crippen LogP contribution in [0.25, 0.3) is 0 Å². The van der Waals surface area contributed by atoms with Gasteiger partial charge in [0.15, 0.2) is 0 Å². The van der Waals surface area contributed by atoms with E-state index in [1.807, 2.05) is 18.8 Å². The second kappa shape index (κ2) is 6.10. The number of rotatable bonds is 2. The predicted octanol–water partition coefficient (Wildman–Crippen LogP) is 1.73. The van der Waals surface area contributed by atoms with E-state index in [9.17, 15) is 4.79 Å². The average molecular weight is 256 g/mol. The molecule has 3 unspecified atom stereocenters. The normalized spacial score (nSPS) is 35.8. The first-order valence-corrected chi connectivity index (χ1v) is 7.93. The van der Waals surface area contributed by atoms with Gasteiger partial charge in [-0.2, -0.15) is 11.8 Å². The lowest BCUT2D eigenvalue weighted by Crippen LogP contribution is -2.50. The molecule has 17 heavy (non-hydrogen) atoms. The number of carbonyl (C=O) groups excluding carboxylic acids is 1. The summed E-state index contributed by atoms with van der Waals surface area (Å²) in [4.78, 5) is 14.6. The van der Waals surface area contributed by atoms with E-state index in [1.54, 1.807) is 0 Å². The van der Waals surface area contributed by atoms with Gasteiger partial charge in [0.05, 0.1) is 6.04 Å². The zero-order valence-corrected chi connectivity index (χ0v) is 11.8. The molecule has 1 aliphatic heterocycles. The number of nitrogens with zero attached hydrogens (tertiary/aromatic N) is 1. The van der Waals surface area contributed by atoms with Gasteiger partial charge < -0.3 is 10.2 Å². The molecule has 3 nitrogen and oxygen atoms in total. The van der Waals surface area contributed by atoms with Gasteiger partial charge in [-0.25, -0.2) is 0 Å². The Morgan fingerprint density at radius 3 is 2.94 bits per heavy atom. The number of hydrogen-bond donors (Lipinski definition) is 1. The molecule has 0 aromatic rings. The number of thioether (sulfide) groups is 1. The van der Waals surface area contributed by atoms with Gasteiger partial charge in [-0.1, -0.05) is 19.8 Å². The van der Waals surface area contributed by atoms with Crippen LogP contribution in [0, 0.1) is 5.92 Å². The summed E-state index contributed by atoms with van der Waals surface area (Å²) >= 11 is 1.90. The number of amides is 1. The summed E-state index contributed by atoms with van der Waals surface area (Å²) in [6, 6.07) is 0.528. The van der Waals surface area contributed by atoms with E-state index in [-0.39, 0.29) is 6.04 Å². The van der Waals surface area contributed by atoms with Crippen LogP contribution in [0.4, 0.5) is 0 Å². The largest absolute Gasteiger partial charge is 0.337 e. The molecule has 1 saturated heterocycles. The lowest BCUT2D eigenvalue weighted by Gasteiger charge is -2.37. The van der Waals surface area contributed by atoms with Gasteiger partial charge >= 0.3 is 0 Å². The Hall–Kier alpha value is -0.220. The van der Waals surface area contributed by atoms with Crippen LogP contribution in [0.1, 0.15) is 32.6 Å². The van der Waals surface area contributed by atoms with E-state index >= 15 is 0 Å². The monoisotopic (exact) mass is 256 g/mol. The summed E-state index contributed by atoms with van der Waals surface area (Å²) in [5, 5.41) is 3.16. The van der Waals surface area contributed by atoms with E-state index < -0.39 is 0 Å². The highest BCUT2D eigenvalue weighted by Gasteiger charge is 2.32. The van der Waals surface area contributed by atoms with E-state index in [2.05, 4.69) is 17.1 Å². The average Bonchev–Trinajstić information content (AvgIpc) is 2.51. The van der Waals surface area contributed by atoms with Crippen molar-refractivity contribution in [3.8, 4) is 0 Å². The van der Waals surface area contributed by atoms with E-state index in [1.165, 1.54) is 25.7 Å². The molecule has 0 radical (unpaired) electrons. The molecule has 3 atom stereocenters. The van der Waals surface area contributed by atoms with Crippen LogP contribution in [0.2, 0.25) is 0 Å². The molecule has 1 aliphatic carbocycles. The summed E-state index contributed by atoms with van der Waals surface area (Å²) in [6.45, 7) is 3.26. The topological polar surface area (TPSA) is 32.3 Å². The molecule has 0 aromatic carbocycles. The standard InChI is InChI=1S/C13H24N2OS/c1-10-4-3-5-11(8-10)15-6-7-17-9-12(14-2)13(15)16/h10-12,14H,3-9H2,1-2H3. The maximum Gasteiger partial charge on any atom is 0.240 e. The number of carbonyl (C=O) groups is 1. The second-order valence-corrected chi connectivity index (χ2v) is 6.52. The van der Waals surface area contributed by atoms with Crippen LogP contribution >= 0.6 is 11.8 Å². The Balaban J connectivity index is 2.03. The summed E-state index contributed by atoms with van der Waals surface area (Å²) in [6.07, 6.45) is 5.03. The Labute approximate surface area is 109 Å². The highest BCUT2D eigenvalue weighted by atomic mass is 32.2. The molecule has 2 rings (SSSR count). The van der Waals surface area contributed by atoms with E-state index in [4.69, 9.17) is 0 Å². The Morgan fingerprint density at radius 2 is 2.24 bits per heavy atom. The van der Waals surface area contributed by atoms with Crippen LogP contribution in [0.3, 0.4) is 0 Å². The molecule has 0 spiro atoms. The number of hydrogen-bond acceptors (Lipinski definition) is 3. The van der Waals surface area contributed by atoms with E-state index in [0.29, 0.717) is 11.9 Å². The molecule has 1 amide bonds. The first-order chi connectivity index (χ1) is 8.22. The summed E-state index contributed by atoms with van der Waals surface area (Å²) in [5.74, 6) is 3.13. The van der Waals surface area contributed by atoms with Crippen molar-refractivity contribution in [3.05, 3.63) is 0 Å². The van der Waals surface area contributed by atoms with Crippen molar-refractivity contribution in [2.75, 3.05) is 25.1 Å². The predicted molar refractivity (Wildman–Crippen MR) is 73.3 cm³/mol. The van der Waals surface area contributed by atoms with Gasteiger partial charge in [-0.05, 0) is 25.8 Å². The number of likely N-dealkylation sites (N-methyl/N-ethyl adjacent to an activating group) is 1. The van der Waals surface area contributed by atoms with Gasteiger partial charge in [-0.15, -0.1) is 0 Å². The maximum atomic E-state index is 12.4. The fraction of sp³-hybridized carbons (Fsp3) is 0.923. The van der Waals surface area contributed by atoms with Crippen molar-refractivity contribution < 1.29 is 4.79 Å². The quantitative estimate of drug-likeness (QED) is 0.816. The molecule has 0 aromatic heterocycles. The third-order valence-electron chi connectivity index (χ3n) is 4.04. The van der Waals surface area contributed by atoms with Crippen LogP contribution in [0.5, 0.6) is 0 Å².